The molecule has 0 saturated carbocycles. The Morgan fingerprint density at radius 3 is 2.47 bits per heavy atom. The van der Waals surface area contributed by atoms with Crippen LogP contribution in [0.3, 0.4) is 0 Å². The van der Waals surface area contributed by atoms with E-state index < -0.39 is 5.97 Å². The van der Waals surface area contributed by atoms with E-state index in [9.17, 15) is 4.79 Å². The molecular weight excluding hydrogens is 239 g/mol. The molecule has 0 bridgehead atoms. The maximum absolute atomic E-state index is 11.6. The van der Waals surface area contributed by atoms with Gasteiger partial charge in [0.1, 0.15) is 5.56 Å². The van der Waals surface area contributed by atoms with E-state index in [1.165, 1.54) is 13.2 Å². The fourth-order valence-corrected chi connectivity index (χ4v) is 1.59. The quantitative estimate of drug-likeness (QED) is 0.771. The van der Waals surface area contributed by atoms with E-state index in [4.69, 9.17) is 32.7 Å². The molecule has 3 nitrogen and oxygen atoms in total. The Labute approximate surface area is 97.9 Å². The second-order valence-electron chi connectivity index (χ2n) is 2.66. The molecule has 0 saturated heterocycles. The van der Waals surface area contributed by atoms with E-state index >= 15 is 0 Å². The fraction of sp³-hybridized carbons (Fsp3) is 0.300. The average molecular weight is 249 g/mol. The maximum Gasteiger partial charge on any atom is 0.343 e. The molecule has 0 N–H and O–H groups in total. The molecule has 15 heavy (non-hydrogen) atoms. The van der Waals surface area contributed by atoms with Gasteiger partial charge in [-0.2, -0.15) is 0 Å². The lowest BCUT2D eigenvalue weighted by Gasteiger charge is -2.10. The third-order valence-electron chi connectivity index (χ3n) is 1.74. The van der Waals surface area contributed by atoms with E-state index in [1.54, 1.807) is 13.0 Å². The predicted octanol–water partition coefficient (Wildman–Crippen LogP) is 3.18. The molecule has 0 radical (unpaired) electrons. The number of rotatable bonds is 3. The zero-order valence-corrected chi connectivity index (χ0v) is 9.85. The summed E-state index contributed by atoms with van der Waals surface area (Å²) >= 11 is 11.7. The SMILES string of the molecule is CCOC(=O)c1c(Cl)ccc(Cl)c1OC. The highest BCUT2D eigenvalue weighted by Crippen LogP contribution is 2.34. The van der Waals surface area contributed by atoms with Gasteiger partial charge in [0.05, 0.1) is 23.8 Å². The van der Waals surface area contributed by atoms with Crippen LogP contribution in [0.1, 0.15) is 17.3 Å². The van der Waals surface area contributed by atoms with Gasteiger partial charge in [0.25, 0.3) is 0 Å². The Morgan fingerprint density at radius 2 is 1.93 bits per heavy atom. The molecule has 0 spiro atoms. The van der Waals surface area contributed by atoms with Gasteiger partial charge in [-0.3, -0.25) is 0 Å². The Balaban J connectivity index is 3.24. The third kappa shape index (κ3) is 2.55. The molecule has 0 fully saturated rings. The van der Waals surface area contributed by atoms with Crippen LogP contribution in [-0.4, -0.2) is 19.7 Å². The minimum atomic E-state index is -0.540. The van der Waals surface area contributed by atoms with Gasteiger partial charge in [-0.15, -0.1) is 0 Å². The molecule has 5 heteroatoms. The molecule has 0 aliphatic carbocycles. The van der Waals surface area contributed by atoms with Gasteiger partial charge in [-0.1, -0.05) is 23.2 Å². The molecule has 0 heterocycles. The molecule has 0 atom stereocenters. The third-order valence-corrected chi connectivity index (χ3v) is 2.36. The molecule has 0 aliphatic heterocycles. The number of carbonyl (C=O) groups is 1. The summed E-state index contributed by atoms with van der Waals surface area (Å²) in [4.78, 5) is 11.6. The molecule has 0 amide bonds. The summed E-state index contributed by atoms with van der Waals surface area (Å²) in [7, 11) is 1.42. The van der Waals surface area contributed by atoms with Gasteiger partial charge in [-0.05, 0) is 19.1 Å². The summed E-state index contributed by atoms with van der Waals surface area (Å²) in [5.74, 6) is -0.301. The van der Waals surface area contributed by atoms with Crippen molar-refractivity contribution in [2.45, 2.75) is 6.92 Å². The normalized spacial score (nSPS) is 9.87. The van der Waals surface area contributed by atoms with Crippen molar-refractivity contribution in [2.24, 2.45) is 0 Å². The standard InChI is InChI=1S/C10H10Cl2O3/c1-3-15-10(13)8-6(11)4-5-7(12)9(8)14-2/h4-5H,3H2,1-2H3. The first-order valence-electron chi connectivity index (χ1n) is 4.31. The van der Waals surface area contributed by atoms with Gasteiger partial charge in [0.2, 0.25) is 0 Å². The summed E-state index contributed by atoms with van der Waals surface area (Å²) in [6, 6.07) is 3.09. The molecule has 1 aromatic carbocycles. The van der Waals surface area contributed by atoms with E-state index in [1.807, 2.05) is 0 Å². The van der Waals surface area contributed by atoms with Crippen molar-refractivity contribution in [2.75, 3.05) is 13.7 Å². The Hall–Kier alpha value is -0.930. The summed E-state index contributed by atoms with van der Waals surface area (Å²) in [5.41, 5.74) is 0.161. The fourth-order valence-electron chi connectivity index (χ4n) is 1.13. The second-order valence-corrected chi connectivity index (χ2v) is 3.47. The van der Waals surface area contributed by atoms with Crippen molar-refractivity contribution in [3.05, 3.63) is 27.7 Å². The number of ether oxygens (including phenoxy) is 2. The van der Waals surface area contributed by atoms with Crippen LogP contribution < -0.4 is 4.74 Å². The largest absolute Gasteiger partial charge is 0.494 e. The van der Waals surface area contributed by atoms with Gasteiger partial charge >= 0.3 is 5.97 Å². The molecule has 0 aromatic heterocycles. The second kappa shape index (κ2) is 5.24. The number of methoxy groups -OCH3 is 1. The van der Waals surface area contributed by atoms with Crippen LogP contribution in [0.15, 0.2) is 12.1 Å². The lowest BCUT2D eigenvalue weighted by Crippen LogP contribution is -2.07. The molecule has 82 valence electrons. The van der Waals surface area contributed by atoms with E-state index in [0.29, 0.717) is 5.02 Å². The van der Waals surface area contributed by atoms with Crippen molar-refractivity contribution in [3.8, 4) is 5.75 Å². The van der Waals surface area contributed by atoms with Crippen LogP contribution in [0.25, 0.3) is 0 Å². The topological polar surface area (TPSA) is 35.5 Å². The first-order chi connectivity index (χ1) is 7.11. The number of hydrogen-bond acceptors (Lipinski definition) is 3. The van der Waals surface area contributed by atoms with E-state index in [0.717, 1.165) is 0 Å². The summed E-state index contributed by atoms with van der Waals surface area (Å²) in [5, 5.41) is 0.583. The monoisotopic (exact) mass is 248 g/mol. The first kappa shape index (κ1) is 12.1. The number of carbonyl (C=O) groups excluding carboxylic acids is 1. The van der Waals surface area contributed by atoms with E-state index in [-0.39, 0.29) is 22.9 Å². The predicted molar refractivity (Wildman–Crippen MR) is 59.0 cm³/mol. The average Bonchev–Trinajstić information content (AvgIpc) is 2.21. The lowest BCUT2D eigenvalue weighted by molar-refractivity contribution is 0.0523. The van der Waals surface area contributed by atoms with Crippen LogP contribution in [-0.2, 0) is 4.74 Å². The molecule has 0 unspecified atom stereocenters. The maximum atomic E-state index is 11.6. The van der Waals surface area contributed by atoms with Gasteiger partial charge in [0, 0.05) is 0 Å². The van der Waals surface area contributed by atoms with E-state index in [2.05, 4.69) is 0 Å². The smallest absolute Gasteiger partial charge is 0.343 e. The summed E-state index contributed by atoms with van der Waals surface area (Å²) in [6.45, 7) is 1.98. The Bertz CT molecular complexity index is 377. The Kier molecular flexibility index (Phi) is 4.24. The van der Waals surface area contributed by atoms with Crippen molar-refractivity contribution < 1.29 is 14.3 Å². The van der Waals surface area contributed by atoms with Crippen molar-refractivity contribution in [1.82, 2.24) is 0 Å². The van der Waals surface area contributed by atoms with Gasteiger partial charge in [0.15, 0.2) is 5.75 Å². The highest BCUT2D eigenvalue weighted by molar-refractivity contribution is 6.37. The van der Waals surface area contributed by atoms with Crippen LogP contribution in [0.4, 0.5) is 0 Å². The van der Waals surface area contributed by atoms with Crippen LogP contribution in [0, 0.1) is 0 Å². The van der Waals surface area contributed by atoms with Crippen molar-refractivity contribution in [1.29, 1.82) is 0 Å². The van der Waals surface area contributed by atoms with Crippen LogP contribution >= 0.6 is 23.2 Å². The minimum absolute atomic E-state index is 0.161. The van der Waals surface area contributed by atoms with Crippen molar-refractivity contribution in [3.63, 3.8) is 0 Å². The number of esters is 1. The molecule has 1 aromatic rings. The molecule has 0 aliphatic rings. The van der Waals surface area contributed by atoms with Gasteiger partial charge < -0.3 is 9.47 Å². The first-order valence-corrected chi connectivity index (χ1v) is 5.06. The van der Waals surface area contributed by atoms with Crippen LogP contribution in [0.2, 0.25) is 10.0 Å². The van der Waals surface area contributed by atoms with Crippen LogP contribution in [0.5, 0.6) is 5.75 Å². The van der Waals surface area contributed by atoms with Crippen molar-refractivity contribution >= 4 is 29.2 Å². The Morgan fingerprint density at radius 1 is 1.33 bits per heavy atom. The lowest BCUT2D eigenvalue weighted by atomic mass is 10.2. The molecular formula is C10H10Cl2O3. The number of halogens is 2. The van der Waals surface area contributed by atoms with Gasteiger partial charge in [-0.25, -0.2) is 4.79 Å². The minimum Gasteiger partial charge on any atom is -0.494 e. The highest BCUT2D eigenvalue weighted by Gasteiger charge is 2.20. The zero-order valence-electron chi connectivity index (χ0n) is 8.34. The highest BCUT2D eigenvalue weighted by atomic mass is 35.5. The summed E-state index contributed by atoms with van der Waals surface area (Å²) in [6.07, 6.45) is 0. The number of benzene rings is 1. The summed E-state index contributed by atoms with van der Waals surface area (Å²) < 4.78 is 9.85. The molecule has 1 rings (SSSR count). The number of hydrogen-bond donors (Lipinski definition) is 0. The zero-order chi connectivity index (χ0) is 11.4.